The van der Waals surface area contributed by atoms with E-state index in [-0.39, 0.29) is 5.91 Å². The third-order valence-corrected chi connectivity index (χ3v) is 6.31. The van der Waals surface area contributed by atoms with Gasteiger partial charge in [-0.1, -0.05) is 41.6 Å². The topological polar surface area (TPSA) is 50.7 Å². The minimum absolute atomic E-state index is 0.290. The van der Waals surface area contributed by atoms with Gasteiger partial charge in [0.25, 0.3) is 5.91 Å². The molecule has 27 heavy (non-hydrogen) atoms. The van der Waals surface area contributed by atoms with Crippen molar-refractivity contribution >= 4 is 52.0 Å². The second-order valence-electron chi connectivity index (χ2n) is 5.71. The normalized spacial score (nSPS) is 12.6. The van der Waals surface area contributed by atoms with E-state index in [2.05, 4.69) is 17.6 Å². The molecule has 0 bridgehead atoms. The Morgan fingerprint density at radius 1 is 1.15 bits per heavy atom. The summed E-state index contributed by atoms with van der Waals surface area (Å²) >= 11 is 9.28. The van der Waals surface area contributed by atoms with Gasteiger partial charge in [0.2, 0.25) is 0 Å². The van der Waals surface area contributed by atoms with Crippen molar-refractivity contribution in [2.75, 3.05) is 6.61 Å². The van der Waals surface area contributed by atoms with E-state index in [0.717, 1.165) is 31.6 Å². The largest absolute Gasteiger partial charge is 0.274 e. The van der Waals surface area contributed by atoms with Gasteiger partial charge < -0.3 is 0 Å². The van der Waals surface area contributed by atoms with Crippen LogP contribution >= 0.6 is 34.7 Å². The molecule has 7 heteroatoms. The highest BCUT2D eigenvalue weighted by Gasteiger charge is 2.20. The number of hydrogen-bond acceptors (Lipinski definition) is 5. The van der Waals surface area contributed by atoms with Crippen molar-refractivity contribution in [3.63, 3.8) is 0 Å². The van der Waals surface area contributed by atoms with E-state index in [4.69, 9.17) is 21.4 Å². The Bertz CT molecular complexity index is 1050. The molecule has 3 aromatic rings. The first-order valence-electron chi connectivity index (χ1n) is 8.33. The summed E-state index contributed by atoms with van der Waals surface area (Å²) in [7, 11) is 0. The number of hydroxylamine groups is 1. The van der Waals surface area contributed by atoms with E-state index in [9.17, 15) is 4.79 Å². The summed E-state index contributed by atoms with van der Waals surface area (Å²) in [6.07, 6.45) is 0. The van der Waals surface area contributed by atoms with Crippen molar-refractivity contribution < 1.29 is 9.63 Å². The van der Waals surface area contributed by atoms with E-state index < -0.39 is 0 Å². The molecular formula is C20H15ClN2O2S2. The fraction of sp³-hybridized carbons (Fsp3) is 0.100. The van der Waals surface area contributed by atoms with Gasteiger partial charge in [-0.25, -0.2) is 10.5 Å². The molecule has 4 nitrogen and oxygen atoms in total. The van der Waals surface area contributed by atoms with Crippen molar-refractivity contribution in [1.82, 2.24) is 5.48 Å². The first-order valence-corrected chi connectivity index (χ1v) is 10.3. The van der Waals surface area contributed by atoms with E-state index in [1.165, 1.54) is 11.3 Å². The number of rotatable bonds is 4. The van der Waals surface area contributed by atoms with Gasteiger partial charge in [-0.3, -0.25) is 9.63 Å². The number of carbonyl (C=O) groups is 1. The molecule has 0 fully saturated rings. The standard InChI is InChI=1S/C20H15ClN2O2S2/c1-2-25-23-20(24)12-7-8-16-14(11-12)22-19(17-9-10-18(21)27-17)13-5-3-4-6-15(13)26-16/h3-11H,2H2,1H3,(H,23,24). The summed E-state index contributed by atoms with van der Waals surface area (Å²) in [5.74, 6) is -0.290. The zero-order chi connectivity index (χ0) is 18.8. The molecule has 1 N–H and O–H groups in total. The van der Waals surface area contributed by atoms with Gasteiger partial charge in [-0.05, 0) is 43.3 Å². The fourth-order valence-electron chi connectivity index (χ4n) is 2.71. The molecule has 1 aromatic heterocycles. The van der Waals surface area contributed by atoms with Crippen LogP contribution in [0.2, 0.25) is 4.34 Å². The quantitative estimate of drug-likeness (QED) is 0.435. The number of carbonyl (C=O) groups excluding carboxylic acids is 1. The van der Waals surface area contributed by atoms with Crippen LogP contribution in [0.25, 0.3) is 0 Å². The second-order valence-corrected chi connectivity index (χ2v) is 8.51. The van der Waals surface area contributed by atoms with Crippen LogP contribution in [0.5, 0.6) is 0 Å². The molecule has 0 unspecified atom stereocenters. The van der Waals surface area contributed by atoms with E-state index in [1.54, 1.807) is 23.9 Å². The number of nitrogens with one attached hydrogen (secondary N) is 1. The number of amides is 1. The van der Waals surface area contributed by atoms with Gasteiger partial charge in [0.1, 0.15) is 0 Å². The summed E-state index contributed by atoms with van der Waals surface area (Å²) < 4.78 is 0.715. The van der Waals surface area contributed by atoms with Crippen LogP contribution in [0, 0.1) is 0 Å². The molecule has 0 atom stereocenters. The maximum absolute atomic E-state index is 12.2. The predicted octanol–water partition coefficient (Wildman–Crippen LogP) is 5.72. The lowest BCUT2D eigenvalue weighted by Crippen LogP contribution is -2.23. The first-order chi connectivity index (χ1) is 13.2. The van der Waals surface area contributed by atoms with Crippen molar-refractivity contribution in [3.05, 3.63) is 74.9 Å². The van der Waals surface area contributed by atoms with Crippen LogP contribution in [0.1, 0.15) is 27.7 Å². The maximum Gasteiger partial charge on any atom is 0.274 e. The van der Waals surface area contributed by atoms with Crippen LogP contribution in [0.3, 0.4) is 0 Å². The molecular weight excluding hydrogens is 400 g/mol. The van der Waals surface area contributed by atoms with E-state index in [1.807, 2.05) is 37.3 Å². The first kappa shape index (κ1) is 18.3. The summed E-state index contributed by atoms with van der Waals surface area (Å²) in [6.45, 7) is 2.22. The highest BCUT2D eigenvalue weighted by Crippen LogP contribution is 2.42. The van der Waals surface area contributed by atoms with Crippen molar-refractivity contribution in [1.29, 1.82) is 0 Å². The summed E-state index contributed by atoms with van der Waals surface area (Å²) in [5.41, 5.74) is 5.59. The van der Waals surface area contributed by atoms with Crippen molar-refractivity contribution in [3.8, 4) is 0 Å². The molecule has 0 aliphatic carbocycles. The monoisotopic (exact) mass is 414 g/mol. The average Bonchev–Trinajstić information content (AvgIpc) is 3.04. The lowest BCUT2D eigenvalue weighted by Gasteiger charge is -2.07. The summed E-state index contributed by atoms with van der Waals surface area (Å²) in [5, 5.41) is 0. The number of thiophene rings is 1. The lowest BCUT2D eigenvalue weighted by molar-refractivity contribution is 0.0364. The minimum atomic E-state index is -0.290. The van der Waals surface area contributed by atoms with Crippen molar-refractivity contribution in [2.45, 2.75) is 16.7 Å². The average molecular weight is 415 g/mol. The summed E-state index contributed by atoms with van der Waals surface area (Å²) in [6, 6.07) is 17.5. The molecule has 0 radical (unpaired) electrons. The van der Waals surface area contributed by atoms with E-state index >= 15 is 0 Å². The number of benzene rings is 2. The number of fused-ring (bicyclic) bond motifs is 2. The number of hydrogen-bond donors (Lipinski definition) is 1. The van der Waals surface area contributed by atoms with Crippen LogP contribution in [-0.4, -0.2) is 18.2 Å². The second kappa shape index (κ2) is 7.86. The Labute approximate surface area is 170 Å². The van der Waals surface area contributed by atoms with Gasteiger partial charge in [-0.15, -0.1) is 11.3 Å². The molecule has 0 spiro atoms. The Hall–Kier alpha value is -2.12. The Kier molecular flexibility index (Phi) is 5.31. The van der Waals surface area contributed by atoms with Crippen molar-refractivity contribution in [2.24, 2.45) is 4.99 Å². The molecule has 1 amide bonds. The molecule has 0 saturated carbocycles. The predicted molar refractivity (Wildman–Crippen MR) is 111 cm³/mol. The Balaban J connectivity index is 1.83. The van der Waals surface area contributed by atoms with Crippen LogP contribution in [0.4, 0.5) is 5.69 Å². The molecule has 2 heterocycles. The van der Waals surface area contributed by atoms with Gasteiger partial charge in [0.15, 0.2) is 0 Å². The Morgan fingerprint density at radius 2 is 2.00 bits per heavy atom. The number of nitrogens with zero attached hydrogens (tertiary/aromatic N) is 1. The summed E-state index contributed by atoms with van der Waals surface area (Å²) in [4.78, 5) is 25.3. The SMILES string of the molecule is CCONC(=O)c1ccc2c(c1)N=C(c1ccc(Cl)s1)c1ccccc1S2. The molecule has 1 aliphatic heterocycles. The highest BCUT2D eigenvalue weighted by atomic mass is 35.5. The van der Waals surface area contributed by atoms with Crippen LogP contribution < -0.4 is 5.48 Å². The van der Waals surface area contributed by atoms with Gasteiger partial charge >= 0.3 is 0 Å². The molecule has 4 rings (SSSR count). The zero-order valence-electron chi connectivity index (χ0n) is 14.4. The third kappa shape index (κ3) is 3.80. The van der Waals surface area contributed by atoms with Crippen LogP contribution in [0.15, 0.2) is 69.4 Å². The maximum atomic E-state index is 12.2. The smallest absolute Gasteiger partial charge is 0.274 e. The Morgan fingerprint density at radius 3 is 2.78 bits per heavy atom. The van der Waals surface area contributed by atoms with Crippen LogP contribution in [-0.2, 0) is 4.84 Å². The number of aliphatic imine (C=N–C) groups is 1. The third-order valence-electron chi connectivity index (χ3n) is 3.93. The number of halogens is 1. The van der Waals surface area contributed by atoms with Gasteiger partial charge in [-0.2, -0.15) is 0 Å². The van der Waals surface area contributed by atoms with Gasteiger partial charge in [0.05, 0.1) is 27.2 Å². The molecule has 2 aromatic carbocycles. The van der Waals surface area contributed by atoms with E-state index in [0.29, 0.717) is 16.5 Å². The zero-order valence-corrected chi connectivity index (χ0v) is 16.8. The molecule has 1 aliphatic rings. The van der Waals surface area contributed by atoms with Gasteiger partial charge in [0, 0.05) is 20.9 Å². The minimum Gasteiger partial charge on any atom is -0.274 e. The highest BCUT2D eigenvalue weighted by molar-refractivity contribution is 7.99. The molecule has 136 valence electrons. The molecule has 0 saturated heterocycles. The lowest BCUT2D eigenvalue weighted by atomic mass is 10.1. The fourth-order valence-corrected chi connectivity index (χ4v) is 4.76.